The lowest BCUT2D eigenvalue weighted by Gasteiger charge is -2.50. The van der Waals surface area contributed by atoms with Gasteiger partial charge in [-0.25, -0.2) is 0 Å². The molecule has 0 radical (unpaired) electrons. The predicted octanol–water partition coefficient (Wildman–Crippen LogP) is 6.26. The Kier molecular flexibility index (Phi) is 6.17. The van der Waals surface area contributed by atoms with Gasteiger partial charge < -0.3 is 9.84 Å². The van der Waals surface area contributed by atoms with Crippen molar-refractivity contribution in [3.05, 3.63) is 65.7 Å². The van der Waals surface area contributed by atoms with Crippen molar-refractivity contribution in [2.45, 2.75) is 70.8 Å². The van der Waals surface area contributed by atoms with Gasteiger partial charge in [-0.1, -0.05) is 56.3 Å². The lowest BCUT2D eigenvalue weighted by atomic mass is 9.55. The van der Waals surface area contributed by atoms with Crippen molar-refractivity contribution in [2.24, 2.45) is 17.3 Å². The molecule has 3 heteroatoms. The van der Waals surface area contributed by atoms with Crippen LogP contribution in [-0.2, 0) is 16.0 Å². The summed E-state index contributed by atoms with van der Waals surface area (Å²) in [6, 6.07) is 17.9. The van der Waals surface area contributed by atoms with Crippen LogP contribution >= 0.6 is 0 Å². The molecule has 0 bridgehead atoms. The van der Waals surface area contributed by atoms with Gasteiger partial charge in [0.2, 0.25) is 0 Å². The van der Waals surface area contributed by atoms with Gasteiger partial charge in [-0.3, -0.25) is 4.79 Å². The SMILES string of the molecule is CCC(=O)O[C@H]1CC[C@H]2[C@@H]3CCc4cc(O)ccc4[C@H]3CC[C@]12C.c1ccccc1. The third-order valence-electron chi connectivity index (χ3n) is 7.85. The zero-order chi connectivity index (χ0) is 21.1. The van der Waals surface area contributed by atoms with Crippen LogP contribution < -0.4 is 0 Å². The molecule has 30 heavy (non-hydrogen) atoms. The van der Waals surface area contributed by atoms with Crippen LogP contribution in [0.3, 0.4) is 0 Å². The fourth-order valence-electron chi connectivity index (χ4n) is 6.34. The Morgan fingerprint density at radius 2 is 1.77 bits per heavy atom. The van der Waals surface area contributed by atoms with E-state index in [1.165, 1.54) is 30.4 Å². The first-order valence-electron chi connectivity index (χ1n) is 11.5. The molecule has 0 saturated heterocycles. The number of hydrogen-bond donors (Lipinski definition) is 1. The summed E-state index contributed by atoms with van der Waals surface area (Å²) in [6.45, 7) is 4.24. The van der Waals surface area contributed by atoms with Crippen molar-refractivity contribution in [1.82, 2.24) is 0 Å². The Bertz CT molecular complexity index is 835. The number of aryl methyl sites for hydroxylation is 1. The van der Waals surface area contributed by atoms with E-state index in [2.05, 4.69) is 13.0 Å². The number of hydrogen-bond acceptors (Lipinski definition) is 3. The van der Waals surface area contributed by atoms with E-state index in [0.29, 0.717) is 29.9 Å². The Morgan fingerprint density at radius 3 is 2.43 bits per heavy atom. The smallest absolute Gasteiger partial charge is 0.305 e. The number of esters is 1. The standard InChI is InChI=1S/C21H28O3.C6H6/c1-3-20(23)24-19-9-8-18-17-6-4-13-12-14(22)5-7-15(13)16(17)10-11-21(18,19)2;1-2-4-6-5-3-1/h5,7,12,16-19,22H,3-4,6,8-11H2,1-2H3;1-6H/t16-,17-,18+,19+,21+;/m1./s1. The lowest BCUT2D eigenvalue weighted by molar-refractivity contribution is -0.157. The molecule has 5 atom stereocenters. The maximum absolute atomic E-state index is 11.8. The molecule has 2 saturated carbocycles. The molecule has 0 unspecified atom stereocenters. The molecule has 160 valence electrons. The molecule has 1 N–H and O–H groups in total. The van der Waals surface area contributed by atoms with E-state index >= 15 is 0 Å². The van der Waals surface area contributed by atoms with Crippen molar-refractivity contribution >= 4 is 5.97 Å². The average molecular weight is 407 g/mol. The molecule has 0 amide bonds. The van der Waals surface area contributed by atoms with E-state index in [-0.39, 0.29) is 17.5 Å². The summed E-state index contributed by atoms with van der Waals surface area (Å²) < 4.78 is 5.83. The maximum atomic E-state index is 11.8. The number of rotatable bonds is 2. The van der Waals surface area contributed by atoms with Crippen molar-refractivity contribution in [2.75, 3.05) is 0 Å². The van der Waals surface area contributed by atoms with Crippen LogP contribution in [0.15, 0.2) is 54.6 Å². The fraction of sp³-hybridized carbons (Fsp3) is 0.519. The van der Waals surface area contributed by atoms with Gasteiger partial charge in [-0.15, -0.1) is 0 Å². The normalized spacial score (nSPS) is 31.4. The summed E-state index contributed by atoms with van der Waals surface area (Å²) >= 11 is 0. The molecule has 0 aromatic heterocycles. The van der Waals surface area contributed by atoms with E-state index in [0.717, 1.165) is 19.3 Å². The minimum Gasteiger partial charge on any atom is -0.508 e. The summed E-state index contributed by atoms with van der Waals surface area (Å²) in [7, 11) is 0. The van der Waals surface area contributed by atoms with Crippen molar-refractivity contribution in [3.8, 4) is 5.75 Å². The summed E-state index contributed by atoms with van der Waals surface area (Å²) in [5.41, 5.74) is 2.95. The lowest BCUT2D eigenvalue weighted by Crippen LogP contribution is -2.45. The zero-order valence-electron chi connectivity index (χ0n) is 18.2. The van der Waals surface area contributed by atoms with Gasteiger partial charge >= 0.3 is 5.97 Å². The number of aromatic hydroxyl groups is 1. The quantitative estimate of drug-likeness (QED) is 0.599. The van der Waals surface area contributed by atoms with Crippen LogP contribution in [0.1, 0.15) is 69.4 Å². The van der Waals surface area contributed by atoms with Gasteiger partial charge in [-0.05, 0) is 79.5 Å². The molecule has 3 aliphatic carbocycles. The van der Waals surface area contributed by atoms with Gasteiger partial charge in [0.25, 0.3) is 0 Å². The van der Waals surface area contributed by atoms with Gasteiger partial charge in [0.1, 0.15) is 11.9 Å². The predicted molar refractivity (Wildman–Crippen MR) is 119 cm³/mol. The molecule has 0 spiro atoms. The average Bonchev–Trinajstić information content (AvgIpc) is 3.11. The first-order valence-corrected chi connectivity index (χ1v) is 11.5. The molecule has 2 fully saturated rings. The maximum Gasteiger partial charge on any atom is 0.305 e. The van der Waals surface area contributed by atoms with Crippen LogP contribution in [0, 0.1) is 17.3 Å². The number of carbonyl (C=O) groups excluding carboxylic acids is 1. The molecular weight excluding hydrogens is 372 g/mol. The molecule has 2 aromatic carbocycles. The summed E-state index contributed by atoms with van der Waals surface area (Å²) in [5, 5.41) is 9.77. The Hall–Kier alpha value is -2.29. The molecule has 3 aliphatic rings. The molecular formula is C27H34O3. The highest BCUT2D eigenvalue weighted by Crippen LogP contribution is 2.61. The summed E-state index contributed by atoms with van der Waals surface area (Å²) in [6.07, 6.45) is 7.38. The highest BCUT2D eigenvalue weighted by molar-refractivity contribution is 5.69. The Balaban J connectivity index is 0.000000313. The summed E-state index contributed by atoms with van der Waals surface area (Å²) in [5.74, 6) is 2.32. The molecule has 2 aromatic rings. The second-order valence-corrected chi connectivity index (χ2v) is 9.41. The third-order valence-corrected chi connectivity index (χ3v) is 7.85. The van der Waals surface area contributed by atoms with Crippen molar-refractivity contribution in [3.63, 3.8) is 0 Å². The second-order valence-electron chi connectivity index (χ2n) is 9.41. The third kappa shape index (κ3) is 3.99. The molecule has 3 nitrogen and oxygen atoms in total. The van der Waals surface area contributed by atoms with Gasteiger partial charge in [0.05, 0.1) is 0 Å². The number of phenolic OH excluding ortho intramolecular Hbond substituents is 1. The fourth-order valence-corrected chi connectivity index (χ4v) is 6.34. The first kappa shape index (κ1) is 21.0. The number of phenols is 1. The molecule has 0 heterocycles. The van der Waals surface area contributed by atoms with E-state index < -0.39 is 0 Å². The minimum absolute atomic E-state index is 0.0477. The van der Waals surface area contributed by atoms with Crippen molar-refractivity contribution in [1.29, 1.82) is 0 Å². The van der Waals surface area contributed by atoms with Crippen LogP contribution in [-0.4, -0.2) is 17.2 Å². The van der Waals surface area contributed by atoms with Gasteiger partial charge in [-0.2, -0.15) is 0 Å². The van der Waals surface area contributed by atoms with Gasteiger partial charge in [0, 0.05) is 11.8 Å². The highest BCUT2D eigenvalue weighted by Gasteiger charge is 2.56. The number of benzene rings is 2. The minimum atomic E-state index is -0.0477. The van der Waals surface area contributed by atoms with E-state index in [1.54, 1.807) is 0 Å². The second kappa shape index (κ2) is 8.83. The van der Waals surface area contributed by atoms with E-state index in [4.69, 9.17) is 4.74 Å². The largest absolute Gasteiger partial charge is 0.508 e. The number of ether oxygens (including phenoxy) is 1. The molecule has 0 aliphatic heterocycles. The van der Waals surface area contributed by atoms with Gasteiger partial charge in [0.15, 0.2) is 0 Å². The van der Waals surface area contributed by atoms with Crippen LogP contribution in [0.4, 0.5) is 0 Å². The first-order chi connectivity index (χ1) is 14.5. The van der Waals surface area contributed by atoms with Crippen molar-refractivity contribution < 1.29 is 14.6 Å². The molecule has 5 rings (SSSR count). The topological polar surface area (TPSA) is 46.5 Å². The number of carbonyl (C=O) groups is 1. The Morgan fingerprint density at radius 1 is 1.07 bits per heavy atom. The monoisotopic (exact) mass is 406 g/mol. The number of fused-ring (bicyclic) bond motifs is 5. The van der Waals surface area contributed by atoms with E-state index in [9.17, 15) is 9.90 Å². The zero-order valence-corrected chi connectivity index (χ0v) is 18.2. The van der Waals surface area contributed by atoms with E-state index in [1.807, 2.05) is 55.5 Å². The van der Waals surface area contributed by atoms with Crippen LogP contribution in [0.25, 0.3) is 0 Å². The van der Waals surface area contributed by atoms with Crippen LogP contribution in [0.5, 0.6) is 5.75 Å². The highest BCUT2D eigenvalue weighted by atomic mass is 16.5. The summed E-state index contributed by atoms with van der Waals surface area (Å²) in [4.78, 5) is 11.8. The van der Waals surface area contributed by atoms with Crippen LogP contribution in [0.2, 0.25) is 0 Å². The Labute approximate surface area is 180 Å².